The molecular formula is C11H15BrN2O. The summed E-state index contributed by atoms with van der Waals surface area (Å²) in [5.41, 5.74) is 0.790. The second kappa shape index (κ2) is 6.56. The molecule has 0 aliphatic carbocycles. The SMILES string of the molecule is CCCCCC(=O)Nc1ccnc(Br)c1. The first-order valence-electron chi connectivity index (χ1n) is 5.13. The molecule has 0 saturated carbocycles. The number of aromatic nitrogens is 1. The van der Waals surface area contributed by atoms with E-state index in [9.17, 15) is 4.79 Å². The molecule has 0 spiro atoms. The Hall–Kier alpha value is -0.900. The summed E-state index contributed by atoms with van der Waals surface area (Å²) < 4.78 is 0.730. The Morgan fingerprint density at radius 2 is 2.33 bits per heavy atom. The zero-order valence-electron chi connectivity index (χ0n) is 8.79. The molecule has 0 aliphatic heterocycles. The van der Waals surface area contributed by atoms with Crippen LogP contribution in [0.4, 0.5) is 5.69 Å². The maximum absolute atomic E-state index is 11.5. The van der Waals surface area contributed by atoms with Crippen LogP contribution in [0.2, 0.25) is 0 Å². The van der Waals surface area contributed by atoms with Gasteiger partial charge in [0.25, 0.3) is 0 Å². The van der Waals surface area contributed by atoms with Crippen molar-refractivity contribution in [3.05, 3.63) is 22.9 Å². The number of hydrogen-bond donors (Lipinski definition) is 1. The minimum Gasteiger partial charge on any atom is -0.326 e. The molecule has 0 fully saturated rings. The molecule has 82 valence electrons. The highest BCUT2D eigenvalue weighted by Crippen LogP contribution is 2.13. The van der Waals surface area contributed by atoms with Crippen molar-refractivity contribution >= 4 is 27.5 Å². The van der Waals surface area contributed by atoms with Crippen LogP contribution in [0.3, 0.4) is 0 Å². The predicted octanol–water partition coefficient (Wildman–Crippen LogP) is 3.36. The van der Waals surface area contributed by atoms with E-state index in [0.717, 1.165) is 29.6 Å². The number of amides is 1. The third kappa shape index (κ3) is 4.93. The Labute approximate surface area is 98.4 Å². The first-order valence-corrected chi connectivity index (χ1v) is 5.93. The van der Waals surface area contributed by atoms with Gasteiger partial charge in [0.05, 0.1) is 0 Å². The number of anilines is 1. The van der Waals surface area contributed by atoms with E-state index in [0.29, 0.717) is 6.42 Å². The summed E-state index contributed by atoms with van der Waals surface area (Å²) >= 11 is 3.25. The Bertz CT molecular complexity index is 328. The van der Waals surface area contributed by atoms with Crippen molar-refractivity contribution < 1.29 is 4.79 Å². The first kappa shape index (κ1) is 12.2. The van der Waals surface area contributed by atoms with Crippen molar-refractivity contribution in [2.75, 3.05) is 5.32 Å². The van der Waals surface area contributed by atoms with Gasteiger partial charge in [0.1, 0.15) is 4.60 Å². The highest BCUT2D eigenvalue weighted by molar-refractivity contribution is 9.10. The van der Waals surface area contributed by atoms with E-state index in [-0.39, 0.29) is 5.91 Å². The summed E-state index contributed by atoms with van der Waals surface area (Å²) in [5, 5.41) is 2.83. The molecule has 0 radical (unpaired) electrons. The first-order chi connectivity index (χ1) is 7.22. The zero-order valence-corrected chi connectivity index (χ0v) is 10.4. The monoisotopic (exact) mass is 270 g/mol. The molecule has 1 aromatic heterocycles. The van der Waals surface area contributed by atoms with Crippen LogP contribution in [-0.2, 0) is 4.79 Å². The Kier molecular flexibility index (Phi) is 5.32. The van der Waals surface area contributed by atoms with Crippen LogP contribution >= 0.6 is 15.9 Å². The fraction of sp³-hybridized carbons (Fsp3) is 0.455. The van der Waals surface area contributed by atoms with Crippen molar-refractivity contribution in [3.63, 3.8) is 0 Å². The van der Waals surface area contributed by atoms with Gasteiger partial charge in [0.2, 0.25) is 5.91 Å². The lowest BCUT2D eigenvalue weighted by molar-refractivity contribution is -0.116. The molecule has 3 nitrogen and oxygen atoms in total. The van der Waals surface area contributed by atoms with Gasteiger partial charge in [-0.25, -0.2) is 4.98 Å². The minimum absolute atomic E-state index is 0.0709. The molecule has 15 heavy (non-hydrogen) atoms. The van der Waals surface area contributed by atoms with Gasteiger partial charge < -0.3 is 5.32 Å². The normalized spacial score (nSPS) is 10.0. The number of unbranched alkanes of at least 4 members (excludes halogenated alkanes) is 2. The summed E-state index contributed by atoms with van der Waals surface area (Å²) in [4.78, 5) is 15.4. The van der Waals surface area contributed by atoms with Gasteiger partial charge >= 0.3 is 0 Å². The van der Waals surface area contributed by atoms with E-state index in [1.54, 1.807) is 18.3 Å². The number of nitrogens with zero attached hydrogens (tertiary/aromatic N) is 1. The number of halogens is 1. The van der Waals surface area contributed by atoms with E-state index < -0.39 is 0 Å². The average molecular weight is 271 g/mol. The zero-order chi connectivity index (χ0) is 11.1. The van der Waals surface area contributed by atoms with Crippen molar-refractivity contribution in [2.24, 2.45) is 0 Å². The lowest BCUT2D eigenvalue weighted by Gasteiger charge is -2.04. The third-order valence-electron chi connectivity index (χ3n) is 2.02. The van der Waals surface area contributed by atoms with E-state index in [4.69, 9.17) is 0 Å². The predicted molar refractivity (Wildman–Crippen MR) is 64.7 cm³/mol. The summed E-state index contributed by atoms with van der Waals surface area (Å²) in [6.07, 6.45) is 5.44. The Morgan fingerprint density at radius 1 is 1.53 bits per heavy atom. The average Bonchev–Trinajstić information content (AvgIpc) is 2.18. The maximum Gasteiger partial charge on any atom is 0.224 e. The Morgan fingerprint density at radius 3 is 3.00 bits per heavy atom. The highest BCUT2D eigenvalue weighted by Gasteiger charge is 2.01. The molecule has 0 aromatic carbocycles. The molecule has 1 heterocycles. The van der Waals surface area contributed by atoms with Crippen LogP contribution < -0.4 is 5.32 Å². The topological polar surface area (TPSA) is 42.0 Å². The number of carbonyl (C=O) groups excluding carboxylic acids is 1. The van der Waals surface area contributed by atoms with Crippen LogP contribution in [0.15, 0.2) is 22.9 Å². The molecule has 1 aromatic rings. The van der Waals surface area contributed by atoms with Gasteiger partial charge in [-0.3, -0.25) is 4.79 Å². The van der Waals surface area contributed by atoms with Gasteiger partial charge in [0, 0.05) is 18.3 Å². The standard InChI is InChI=1S/C11H15BrN2O/c1-2-3-4-5-11(15)14-9-6-7-13-10(12)8-9/h6-8H,2-5H2,1H3,(H,13,14,15). The molecule has 1 rings (SSSR count). The minimum atomic E-state index is 0.0709. The molecule has 0 atom stereocenters. The lowest BCUT2D eigenvalue weighted by atomic mass is 10.2. The summed E-state index contributed by atoms with van der Waals surface area (Å²) in [5.74, 6) is 0.0709. The third-order valence-corrected chi connectivity index (χ3v) is 2.45. The number of carbonyl (C=O) groups is 1. The van der Waals surface area contributed by atoms with Crippen molar-refractivity contribution in [2.45, 2.75) is 32.6 Å². The molecule has 0 saturated heterocycles. The molecule has 4 heteroatoms. The highest BCUT2D eigenvalue weighted by atomic mass is 79.9. The Balaban J connectivity index is 2.37. The smallest absolute Gasteiger partial charge is 0.224 e. The summed E-state index contributed by atoms with van der Waals surface area (Å²) in [6.45, 7) is 2.12. The van der Waals surface area contributed by atoms with Crippen LogP contribution in [0.1, 0.15) is 32.6 Å². The quantitative estimate of drug-likeness (QED) is 0.659. The molecule has 0 aliphatic rings. The number of nitrogens with one attached hydrogen (secondary N) is 1. The van der Waals surface area contributed by atoms with Gasteiger partial charge in [-0.2, -0.15) is 0 Å². The van der Waals surface area contributed by atoms with Crippen LogP contribution in [0, 0.1) is 0 Å². The maximum atomic E-state index is 11.5. The fourth-order valence-corrected chi connectivity index (χ4v) is 1.60. The van der Waals surface area contributed by atoms with Gasteiger partial charge in [-0.15, -0.1) is 0 Å². The van der Waals surface area contributed by atoms with E-state index >= 15 is 0 Å². The fourth-order valence-electron chi connectivity index (χ4n) is 1.24. The van der Waals surface area contributed by atoms with Gasteiger partial charge in [-0.1, -0.05) is 19.8 Å². The van der Waals surface area contributed by atoms with E-state index in [1.807, 2.05) is 0 Å². The second-order valence-corrected chi connectivity index (χ2v) is 4.19. The van der Waals surface area contributed by atoms with Crippen LogP contribution in [0.25, 0.3) is 0 Å². The van der Waals surface area contributed by atoms with Gasteiger partial charge in [-0.05, 0) is 34.5 Å². The molecule has 1 amide bonds. The summed E-state index contributed by atoms with van der Waals surface area (Å²) in [7, 11) is 0. The molecule has 0 bridgehead atoms. The van der Waals surface area contributed by atoms with E-state index in [1.165, 1.54) is 0 Å². The van der Waals surface area contributed by atoms with Crippen LogP contribution in [0.5, 0.6) is 0 Å². The molecule has 0 unspecified atom stereocenters. The van der Waals surface area contributed by atoms with Crippen LogP contribution in [-0.4, -0.2) is 10.9 Å². The summed E-state index contributed by atoms with van der Waals surface area (Å²) in [6, 6.07) is 3.57. The van der Waals surface area contributed by atoms with Crippen molar-refractivity contribution in [1.29, 1.82) is 0 Å². The number of rotatable bonds is 5. The number of pyridine rings is 1. The molecule has 1 N–H and O–H groups in total. The van der Waals surface area contributed by atoms with Gasteiger partial charge in [0.15, 0.2) is 0 Å². The second-order valence-electron chi connectivity index (χ2n) is 3.37. The molecular weight excluding hydrogens is 256 g/mol. The number of hydrogen-bond acceptors (Lipinski definition) is 2. The lowest BCUT2D eigenvalue weighted by Crippen LogP contribution is -2.10. The van der Waals surface area contributed by atoms with Crippen molar-refractivity contribution in [3.8, 4) is 0 Å². The van der Waals surface area contributed by atoms with Crippen molar-refractivity contribution in [1.82, 2.24) is 4.98 Å². The largest absolute Gasteiger partial charge is 0.326 e. The van der Waals surface area contributed by atoms with E-state index in [2.05, 4.69) is 33.2 Å².